The molecule has 8 nitrogen and oxygen atoms in total. The van der Waals surface area contributed by atoms with Crippen molar-refractivity contribution < 1.29 is 28.5 Å². The average Bonchev–Trinajstić information content (AvgIpc) is 3.34. The quantitative estimate of drug-likeness (QED) is 0.828. The molecule has 0 radical (unpaired) electrons. The first-order chi connectivity index (χ1) is 14.1. The summed E-state index contributed by atoms with van der Waals surface area (Å²) in [7, 11) is 0. The smallest absolute Gasteiger partial charge is 0.231 e. The van der Waals surface area contributed by atoms with Crippen LogP contribution in [0.25, 0.3) is 0 Å². The van der Waals surface area contributed by atoms with Gasteiger partial charge in [-0.1, -0.05) is 11.6 Å². The highest BCUT2D eigenvalue weighted by Crippen LogP contribution is 2.40. The number of nitrogens with zero attached hydrogens (tertiary/aromatic N) is 1. The van der Waals surface area contributed by atoms with Crippen molar-refractivity contribution in [2.24, 2.45) is 5.92 Å². The van der Waals surface area contributed by atoms with Crippen molar-refractivity contribution in [1.29, 1.82) is 0 Å². The summed E-state index contributed by atoms with van der Waals surface area (Å²) >= 11 is 6.23. The van der Waals surface area contributed by atoms with Gasteiger partial charge in [-0.2, -0.15) is 0 Å². The second-order valence-corrected chi connectivity index (χ2v) is 7.32. The molecule has 0 bridgehead atoms. The minimum Gasteiger partial charge on any atom is -0.486 e. The van der Waals surface area contributed by atoms with Crippen molar-refractivity contribution in [3.63, 3.8) is 0 Å². The van der Waals surface area contributed by atoms with Crippen LogP contribution in [-0.4, -0.2) is 38.4 Å². The number of carbonyl (C=O) groups excluding carboxylic acids is 2. The summed E-state index contributed by atoms with van der Waals surface area (Å²) in [4.78, 5) is 26.9. The van der Waals surface area contributed by atoms with E-state index < -0.39 is 5.92 Å². The van der Waals surface area contributed by atoms with Crippen molar-refractivity contribution in [2.75, 3.05) is 36.8 Å². The molecular weight excluding hydrogens is 400 g/mol. The van der Waals surface area contributed by atoms with Crippen LogP contribution < -0.4 is 29.2 Å². The number of benzene rings is 2. The monoisotopic (exact) mass is 416 g/mol. The van der Waals surface area contributed by atoms with Crippen LogP contribution >= 0.6 is 11.6 Å². The van der Waals surface area contributed by atoms with E-state index in [1.165, 1.54) is 0 Å². The summed E-state index contributed by atoms with van der Waals surface area (Å²) in [6.45, 7) is 1.35. The molecule has 1 unspecified atom stereocenters. The Labute approximate surface area is 171 Å². The van der Waals surface area contributed by atoms with Crippen LogP contribution in [0.15, 0.2) is 30.3 Å². The summed E-state index contributed by atoms with van der Waals surface area (Å²) in [6, 6.07) is 8.55. The molecule has 2 aromatic rings. The first kappa shape index (κ1) is 17.9. The highest BCUT2D eigenvalue weighted by molar-refractivity contribution is 6.34. The van der Waals surface area contributed by atoms with Gasteiger partial charge < -0.3 is 29.2 Å². The number of rotatable bonds is 3. The Balaban J connectivity index is 1.31. The molecule has 0 spiro atoms. The van der Waals surface area contributed by atoms with Gasteiger partial charge in [0.1, 0.15) is 13.2 Å². The molecule has 1 atom stereocenters. The third-order valence-electron chi connectivity index (χ3n) is 5.05. The fourth-order valence-corrected chi connectivity index (χ4v) is 3.78. The highest BCUT2D eigenvalue weighted by atomic mass is 35.5. The van der Waals surface area contributed by atoms with Crippen molar-refractivity contribution in [1.82, 2.24) is 0 Å². The topological polar surface area (TPSA) is 86.3 Å². The Morgan fingerprint density at radius 1 is 1.00 bits per heavy atom. The van der Waals surface area contributed by atoms with Gasteiger partial charge in [-0.15, -0.1) is 0 Å². The minimum absolute atomic E-state index is 0.114. The van der Waals surface area contributed by atoms with Gasteiger partial charge in [0.15, 0.2) is 23.0 Å². The number of ether oxygens (including phenoxy) is 4. The summed E-state index contributed by atoms with van der Waals surface area (Å²) in [6.07, 6.45) is 0.114. The molecule has 0 aliphatic carbocycles. The number of hydrogen-bond acceptors (Lipinski definition) is 6. The molecule has 3 aliphatic heterocycles. The lowest BCUT2D eigenvalue weighted by Crippen LogP contribution is -2.28. The third kappa shape index (κ3) is 3.29. The Kier molecular flexibility index (Phi) is 4.35. The first-order valence-electron chi connectivity index (χ1n) is 9.18. The van der Waals surface area contributed by atoms with Crippen LogP contribution in [0.5, 0.6) is 23.0 Å². The maximum absolute atomic E-state index is 12.8. The largest absolute Gasteiger partial charge is 0.486 e. The maximum Gasteiger partial charge on any atom is 0.231 e. The molecule has 3 aliphatic rings. The molecule has 0 aromatic heterocycles. The summed E-state index contributed by atoms with van der Waals surface area (Å²) in [5.41, 5.74) is 1.10. The van der Waals surface area contributed by atoms with E-state index in [0.29, 0.717) is 52.6 Å². The normalized spacial score (nSPS) is 19.4. The predicted octanol–water partition coefficient (Wildman–Crippen LogP) is 2.83. The second-order valence-electron chi connectivity index (χ2n) is 6.91. The van der Waals surface area contributed by atoms with E-state index >= 15 is 0 Å². The van der Waals surface area contributed by atoms with Crippen LogP contribution in [0, 0.1) is 5.92 Å². The SMILES string of the molecule is O=C(Nc1cc2c(cc1Cl)OCO2)C1CC(=O)N(c2ccc3c(c2)OCCO3)C1. The van der Waals surface area contributed by atoms with Gasteiger partial charge in [-0.3, -0.25) is 9.59 Å². The highest BCUT2D eigenvalue weighted by Gasteiger charge is 2.36. The number of nitrogens with one attached hydrogen (secondary N) is 1. The Morgan fingerprint density at radius 2 is 1.72 bits per heavy atom. The van der Waals surface area contributed by atoms with E-state index in [2.05, 4.69) is 5.32 Å². The molecule has 5 rings (SSSR count). The lowest BCUT2D eigenvalue weighted by Gasteiger charge is -2.22. The Hall–Kier alpha value is -3.13. The molecule has 3 heterocycles. The standard InChI is InChI=1S/C20H17ClN2O6/c21-13-7-17-18(29-10-28-17)8-14(13)22-20(25)11-5-19(24)23(9-11)12-1-2-15-16(6-12)27-4-3-26-15/h1-2,6-8,11H,3-5,9-10H2,(H,22,25). The molecule has 1 saturated heterocycles. The first-order valence-corrected chi connectivity index (χ1v) is 9.56. The molecule has 150 valence electrons. The van der Waals surface area contributed by atoms with Gasteiger partial charge in [0.25, 0.3) is 0 Å². The molecule has 1 N–H and O–H groups in total. The van der Waals surface area contributed by atoms with Crippen molar-refractivity contribution in [3.8, 4) is 23.0 Å². The van der Waals surface area contributed by atoms with Crippen LogP contribution in [0.2, 0.25) is 5.02 Å². The Morgan fingerprint density at radius 3 is 2.55 bits per heavy atom. The maximum atomic E-state index is 12.8. The van der Waals surface area contributed by atoms with Gasteiger partial charge in [0.2, 0.25) is 18.6 Å². The van der Waals surface area contributed by atoms with Gasteiger partial charge in [0, 0.05) is 36.9 Å². The van der Waals surface area contributed by atoms with Crippen LogP contribution in [0.3, 0.4) is 0 Å². The fourth-order valence-electron chi connectivity index (χ4n) is 3.58. The number of fused-ring (bicyclic) bond motifs is 2. The van der Waals surface area contributed by atoms with Crippen LogP contribution in [0.4, 0.5) is 11.4 Å². The van der Waals surface area contributed by atoms with Crippen LogP contribution in [-0.2, 0) is 9.59 Å². The van der Waals surface area contributed by atoms with Crippen molar-refractivity contribution in [3.05, 3.63) is 35.4 Å². The lowest BCUT2D eigenvalue weighted by atomic mass is 10.1. The van der Waals surface area contributed by atoms with Gasteiger partial charge in [-0.05, 0) is 12.1 Å². The number of halogens is 1. The molecule has 1 fully saturated rings. The van der Waals surface area contributed by atoms with E-state index in [1.54, 1.807) is 35.2 Å². The lowest BCUT2D eigenvalue weighted by molar-refractivity contribution is -0.122. The van der Waals surface area contributed by atoms with Crippen molar-refractivity contribution in [2.45, 2.75) is 6.42 Å². The number of carbonyl (C=O) groups is 2. The van der Waals surface area contributed by atoms with Gasteiger partial charge >= 0.3 is 0 Å². The zero-order valence-electron chi connectivity index (χ0n) is 15.3. The van der Waals surface area contributed by atoms with E-state index in [0.717, 1.165) is 0 Å². The van der Waals surface area contributed by atoms with Crippen molar-refractivity contribution >= 4 is 34.8 Å². The summed E-state index contributed by atoms with van der Waals surface area (Å²) < 4.78 is 21.7. The molecule has 29 heavy (non-hydrogen) atoms. The molecule has 9 heteroatoms. The Bertz CT molecular complexity index is 1010. The zero-order valence-corrected chi connectivity index (χ0v) is 16.0. The van der Waals surface area contributed by atoms with E-state index in [-0.39, 0.29) is 31.6 Å². The molecule has 0 saturated carbocycles. The van der Waals surface area contributed by atoms with Gasteiger partial charge in [0.05, 0.1) is 16.6 Å². The second kappa shape index (κ2) is 7.04. The minimum atomic E-state index is -0.503. The van der Waals surface area contributed by atoms with E-state index in [1.807, 2.05) is 0 Å². The molecular formula is C20H17ClN2O6. The van der Waals surface area contributed by atoms with Gasteiger partial charge in [-0.25, -0.2) is 0 Å². The zero-order chi connectivity index (χ0) is 20.0. The summed E-state index contributed by atoms with van der Waals surface area (Å²) in [5, 5.41) is 3.14. The fraction of sp³-hybridized carbons (Fsp3) is 0.300. The number of amides is 2. The number of anilines is 2. The summed E-state index contributed by atoms with van der Waals surface area (Å²) in [5.74, 6) is 1.40. The van der Waals surface area contributed by atoms with E-state index in [9.17, 15) is 9.59 Å². The van der Waals surface area contributed by atoms with E-state index in [4.69, 9.17) is 30.5 Å². The molecule has 2 aromatic carbocycles. The van der Waals surface area contributed by atoms with Crippen LogP contribution in [0.1, 0.15) is 6.42 Å². The number of hydrogen-bond donors (Lipinski definition) is 1. The third-order valence-corrected chi connectivity index (χ3v) is 5.37. The molecule has 2 amide bonds. The average molecular weight is 417 g/mol. The predicted molar refractivity (Wildman–Crippen MR) is 104 cm³/mol.